The lowest BCUT2D eigenvalue weighted by molar-refractivity contribution is 0.490. The van der Waals surface area contributed by atoms with Gasteiger partial charge in [-0.3, -0.25) is 0 Å². The van der Waals surface area contributed by atoms with E-state index in [2.05, 4.69) is 205 Å². The largest absolute Gasteiger partial charge is 0.310 e. The molecule has 2 heteroatoms. The van der Waals surface area contributed by atoms with Crippen molar-refractivity contribution < 1.29 is 0 Å². The van der Waals surface area contributed by atoms with Crippen LogP contribution in [0.2, 0.25) is 0 Å². The monoisotopic (exact) mass is 680 g/mol. The molecule has 0 fully saturated rings. The van der Waals surface area contributed by atoms with Crippen LogP contribution >= 0.6 is 0 Å². The minimum atomic E-state index is 0.0853. The summed E-state index contributed by atoms with van der Waals surface area (Å²) < 4.78 is 2.40. The number of para-hydroxylation sites is 2. The predicted molar refractivity (Wildman–Crippen MR) is 225 cm³/mol. The molecule has 0 radical (unpaired) electrons. The van der Waals surface area contributed by atoms with E-state index in [0.29, 0.717) is 0 Å². The summed E-state index contributed by atoms with van der Waals surface area (Å²) in [7, 11) is 0. The fourth-order valence-electron chi connectivity index (χ4n) is 9.18. The first-order valence-electron chi connectivity index (χ1n) is 18.9. The maximum Gasteiger partial charge on any atom is 0.0561 e. The Morgan fingerprint density at radius 2 is 1.06 bits per heavy atom. The fraction of sp³-hybridized carbons (Fsp3) is 0.0980. The van der Waals surface area contributed by atoms with Crippen molar-refractivity contribution in [3.63, 3.8) is 0 Å². The second-order valence-corrected chi connectivity index (χ2v) is 14.4. The van der Waals surface area contributed by atoms with Crippen LogP contribution in [0.3, 0.4) is 0 Å². The van der Waals surface area contributed by atoms with Crippen LogP contribution in [0.4, 0.5) is 17.1 Å². The first-order valence-corrected chi connectivity index (χ1v) is 18.9. The number of hydrogen-bond donors (Lipinski definition) is 0. The van der Waals surface area contributed by atoms with Crippen LogP contribution < -0.4 is 4.90 Å². The molecule has 0 amide bonds. The van der Waals surface area contributed by atoms with E-state index in [1.807, 2.05) is 0 Å². The van der Waals surface area contributed by atoms with Gasteiger partial charge in [-0.2, -0.15) is 0 Å². The van der Waals surface area contributed by atoms with Gasteiger partial charge in [0.15, 0.2) is 0 Å². The number of anilines is 3. The molecule has 0 bridgehead atoms. The third-order valence-electron chi connectivity index (χ3n) is 11.9. The van der Waals surface area contributed by atoms with Gasteiger partial charge in [-0.25, -0.2) is 0 Å². The molecule has 254 valence electrons. The molecule has 1 aliphatic rings. The van der Waals surface area contributed by atoms with E-state index in [1.165, 1.54) is 66.0 Å². The van der Waals surface area contributed by atoms with E-state index in [0.717, 1.165) is 35.6 Å². The van der Waals surface area contributed by atoms with Crippen LogP contribution in [-0.2, 0) is 5.41 Å². The highest BCUT2D eigenvalue weighted by Crippen LogP contribution is 2.53. The zero-order valence-corrected chi connectivity index (χ0v) is 30.1. The second-order valence-electron chi connectivity index (χ2n) is 14.4. The van der Waals surface area contributed by atoms with Gasteiger partial charge in [-0.1, -0.05) is 135 Å². The van der Waals surface area contributed by atoms with Crippen LogP contribution in [-0.4, -0.2) is 4.57 Å². The Morgan fingerprint density at radius 3 is 1.89 bits per heavy atom. The van der Waals surface area contributed by atoms with Crippen molar-refractivity contribution in [1.82, 2.24) is 4.57 Å². The first-order chi connectivity index (χ1) is 26.2. The molecule has 1 aromatic heterocycles. The quantitative estimate of drug-likeness (QED) is 0.163. The van der Waals surface area contributed by atoms with Crippen molar-refractivity contribution in [1.29, 1.82) is 0 Å². The number of fused-ring (bicyclic) bond motifs is 7. The van der Waals surface area contributed by atoms with Crippen molar-refractivity contribution in [2.75, 3.05) is 4.90 Å². The first kappa shape index (κ1) is 31.4. The van der Waals surface area contributed by atoms with Gasteiger partial charge < -0.3 is 9.47 Å². The Hall–Kier alpha value is -6.38. The van der Waals surface area contributed by atoms with Gasteiger partial charge in [-0.05, 0) is 118 Å². The van der Waals surface area contributed by atoms with Crippen LogP contribution in [0.25, 0.3) is 60.5 Å². The van der Waals surface area contributed by atoms with Crippen LogP contribution in [0.1, 0.15) is 37.8 Å². The smallest absolute Gasteiger partial charge is 0.0561 e. The number of rotatable bonds is 7. The van der Waals surface area contributed by atoms with E-state index < -0.39 is 0 Å². The predicted octanol–water partition coefficient (Wildman–Crippen LogP) is 14.2. The van der Waals surface area contributed by atoms with Gasteiger partial charge in [-0.15, -0.1) is 0 Å². The fourth-order valence-corrected chi connectivity index (χ4v) is 9.18. The van der Waals surface area contributed by atoms with Crippen LogP contribution in [0.5, 0.6) is 0 Å². The molecule has 1 heterocycles. The summed E-state index contributed by atoms with van der Waals surface area (Å²) in [5, 5.41) is 4.96. The van der Waals surface area contributed by atoms with E-state index in [9.17, 15) is 0 Å². The summed E-state index contributed by atoms with van der Waals surface area (Å²) in [6, 6.07) is 67.1. The molecular formula is C51H40N2. The second kappa shape index (κ2) is 12.4. The molecule has 0 atom stereocenters. The molecular weight excluding hydrogens is 641 g/mol. The van der Waals surface area contributed by atoms with Crippen molar-refractivity contribution in [2.24, 2.45) is 0 Å². The highest BCUT2D eigenvalue weighted by Gasteiger charge is 2.40. The van der Waals surface area contributed by atoms with Crippen molar-refractivity contribution in [3.8, 4) is 27.9 Å². The molecule has 0 unspecified atom stereocenters. The summed E-state index contributed by atoms with van der Waals surface area (Å²) >= 11 is 0. The molecule has 1 aliphatic carbocycles. The molecule has 8 aromatic carbocycles. The van der Waals surface area contributed by atoms with Gasteiger partial charge in [0, 0.05) is 38.9 Å². The lowest BCUT2D eigenvalue weighted by Gasteiger charge is -2.29. The molecule has 0 N–H and O–H groups in total. The lowest BCUT2D eigenvalue weighted by Crippen LogP contribution is -2.22. The Bertz CT molecular complexity index is 2800. The highest BCUT2D eigenvalue weighted by atomic mass is 15.1. The maximum absolute atomic E-state index is 2.42. The maximum atomic E-state index is 2.42. The molecule has 53 heavy (non-hydrogen) atoms. The minimum absolute atomic E-state index is 0.0853. The van der Waals surface area contributed by atoms with Gasteiger partial charge in [0.2, 0.25) is 0 Å². The Balaban J connectivity index is 1.12. The summed E-state index contributed by atoms with van der Waals surface area (Å²) in [5.74, 6) is 0. The Labute approximate surface area is 311 Å². The highest BCUT2D eigenvalue weighted by molar-refractivity contribution is 6.10. The molecule has 2 nitrogen and oxygen atoms in total. The Morgan fingerprint density at radius 1 is 0.434 bits per heavy atom. The van der Waals surface area contributed by atoms with Crippen LogP contribution in [0.15, 0.2) is 182 Å². The van der Waals surface area contributed by atoms with E-state index in [-0.39, 0.29) is 5.41 Å². The van der Waals surface area contributed by atoms with Crippen molar-refractivity contribution >= 4 is 49.6 Å². The average Bonchev–Trinajstić information content (AvgIpc) is 3.71. The van der Waals surface area contributed by atoms with Crippen LogP contribution in [0, 0.1) is 0 Å². The SMILES string of the molecule is CCC1(CC)c2ccccc2-c2cc(-c3ccc(N(c4ccc5ccccc5c4)c4ccc5c6ccccc6n(-c6ccccc6)c5c4)cc3)ccc21. The number of nitrogens with zero attached hydrogens (tertiary/aromatic N) is 2. The third kappa shape index (κ3) is 4.86. The summed E-state index contributed by atoms with van der Waals surface area (Å²) in [5.41, 5.74) is 15.2. The van der Waals surface area contributed by atoms with Gasteiger partial charge in [0.1, 0.15) is 0 Å². The standard InChI is InChI=1S/C51H40N2/c1-3-51(4-2)47-20-12-10-18-43(47)46-33-38(25-31-48(46)51)36-22-26-40(27-23-36)52(41-28-24-35-14-8-9-15-37(35)32-41)42-29-30-45-44-19-11-13-21-49(44)53(50(45)34-42)39-16-6-5-7-17-39/h5-34H,3-4H2,1-2H3. The topological polar surface area (TPSA) is 8.17 Å². The van der Waals surface area contributed by atoms with E-state index in [1.54, 1.807) is 0 Å². The van der Waals surface area contributed by atoms with Crippen molar-refractivity contribution in [2.45, 2.75) is 32.1 Å². The normalized spacial score (nSPS) is 13.0. The van der Waals surface area contributed by atoms with E-state index >= 15 is 0 Å². The average molecular weight is 681 g/mol. The third-order valence-corrected chi connectivity index (χ3v) is 11.9. The molecule has 9 aromatic rings. The summed E-state index contributed by atoms with van der Waals surface area (Å²) in [4.78, 5) is 2.40. The summed E-state index contributed by atoms with van der Waals surface area (Å²) in [6.45, 7) is 4.67. The molecule has 0 saturated heterocycles. The molecule has 10 rings (SSSR count). The number of hydrogen-bond acceptors (Lipinski definition) is 1. The van der Waals surface area contributed by atoms with Gasteiger partial charge >= 0.3 is 0 Å². The molecule has 0 spiro atoms. The molecule has 0 saturated carbocycles. The summed E-state index contributed by atoms with van der Waals surface area (Å²) in [6.07, 6.45) is 2.20. The number of aromatic nitrogens is 1. The lowest BCUT2D eigenvalue weighted by atomic mass is 9.74. The van der Waals surface area contributed by atoms with Gasteiger partial charge in [0.05, 0.1) is 11.0 Å². The zero-order chi connectivity index (χ0) is 35.5. The Kier molecular flexibility index (Phi) is 7.33. The zero-order valence-electron chi connectivity index (χ0n) is 30.1. The number of benzene rings is 8. The van der Waals surface area contributed by atoms with E-state index in [4.69, 9.17) is 0 Å². The molecule has 0 aliphatic heterocycles. The minimum Gasteiger partial charge on any atom is -0.310 e. The van der Waals surface area contributed by atoms with Crippen molar-refractivity contribution in [3.05, 3.63) is 193 Å². The van der Waals surface area contributed by atoms with Gasteiger partial charge in [0.25, 0.3) is 0 Å².